The van der Waals surface area contributed by atoms with Crippen molar-refractivity contribution in [3.05, 3.63) is 149 Å². The molecule has 9 heteroatoms. The van der Waals surface area contributed by atoms with Crippen molar-refractivity contribution in [1.29, 1.82) is 0 Å². The maximum atomic E-state index is 14.0. The van der Waals surface area contributed by atoms with Crippen LogP contribution in [0.5, 0.6) is 5.75 Å². The zero-order valence-electron chi connectivity index (χ0n) is 25.7. The van der Waals surface area contributed by atoms with Crippen molar-refractivity contribution in [2.24, 2.45) is 0 Å². The Morgan fingerprint density at radius 3 is 2.41 bits per heavy atom. The van der Waals surface area contributed by atoms with Gasteiger partial charge in [-0.15, -0.1) is 5.10 Å². The van der Waals surface area contributed by atoms with Crippen molar-refractivity contribution in [2.45, 2.75) is 38.8 Å². The smallest absolute Gasteiger partial charge is 0.250 e. The molecule has 46 heavy (non-hydrogen) atoms. The molecule has 4 aromatic carbocycles. The topological polar surface area (TPSA) is 87.5 Å². The highest BCUT2D eigenvalue weighted by atomic mass is 19.1. The van der Waals surface area contributed by atoms with E-state index in [1.165, 1.54) is 12.1 Å². The van der Waals surface area contributed by atoms with Crippen LogP contribution in [0.4, 0.5) is 4.39 Å². The second kappa shape index (κ2) is 14.3. The van der Waals surface area contributed by atoms with Crippen LogP contribution >= 0.6 is 0 Å². The standard InChI is InChI=1S/C37H35FN4O4/c1-25-8-10-26(11-9-25)20-39-37(43)35-32(24-46-36(35)29-14-16-30(38)17-15-29)34(45-23-27-12-18-31(44-2)19-13-27)22-42-21-33(40-41-42)28-6-4-3-5-7-28/h3-19,21,34,36H,20,22-24H2,1-2H3,(H,39,43). The number of amides is 1. The van der Waals surface area contributed by atoms with Crippen LogP contribution in [-0.4, -0.2) is 40.7 Å². The Balaban J connectivity index is 1.34. The number of hydrogen-bond acceptors (Lipinski definition) is 6. The molecule has 0 fully saturated rings. The van der Waals surface area contributed by atoms with E-state index >= 15 is 0 Å². The number of methoxy groups -OCH3 is 1. The third-order valence-electron chi connectivity index (χ3n) is 7.96. The normalized spacial score (nSPS) is 15.2. The fourth-order valence-electron chi connectivity index (χ4n) is 5.40. The number of carbonyl (C=O) groups is 1. The Kier molecular flexibility index (Phi) is 9.62. The molecule has 0 bridgehead atoms. The first kappa shape index (κ1) is 30.9. The molecule has 2 atom stereocenters. The van der Waals surface area contributed by atoms with Gasteiger partial charge < -0.3 is 19.5 Å². The van der Waals surface area contributed by atoms with E-state index in [1.807, 2.05) is 92.0 Å². The van der Waals surface area contributed by atoms with Crippen LogP contribution in [0.3, 0.4) is 0 Å². The summed E-state index contributed by atoms with van der Waals surface area (Å²) in [6, 6.07) is 31.5. The monoisotopic (exact) mass is 618 g/mol. The van der Waals surface area contributed by atoms with Gasteiger partial charge in [0.2, 0.25) is 0 Å². The molecule has 2 heterocycles. The summed E-state index contributed by atoms with van der Waals surface area (Å²) in [7, 11) is 1.62. The summed E-state index contributed by atoms with van der Waals surface area (Å²) in [4.78, 5) is 14.0. The number of aryl methyl sites for hydroxylation is 1. The average Bonchev–Trinajstić information content (AvgIpc) is 3.75. The first-order valence-corrected chi connectivity index (χ1v) is 15.1. The zero-order valence-corrected chi connectivity index (χ0v) is 25.7. The minimum atomic E-state index is -0.698. The van der Waals surface area contributed by atoms with E-state index in [4.69, 9.17) is 14.2 Å². The fourth-order valence-corrected chi connectivity index (χ4v) is 5.40. The van der Waals surface area contributed by atoms with Crippen molar-refractivity contribution >= 4 is 5.91 Å². The summed E-state index contributed by atoms with van der Waals surface area (Å²) >= 11 is 0. The molecule has 1 aliphatic rings. The van der Waals surface area contributed by atoms with E-state index in [2.05, 4.69) is 15.6 Å². The highest BCUT2D eigenvalue weighted by molar-refractivity contribution is 5.96. The van der Waals surface area contributed by atoms with Gasteiger partial charge in [-0.25, -0.2) is 9.07 Å². The Bertz CT molecular complexity index is 1790. The van der Waals surface area contributed by atoms with E-state index in [9.17, 15) is 9.18 Å². The van der Waals surface area contributed by atoms with Crippen molar-refractivity contribution in [3.63, 3.8) is 0 Å². The molecule has 5 aromatic rings. The lowest BCUT2D eigenvalue weighted by Gasteiger charge is -2.21. The van der Waals surface area contributed by atoms with Crippen molar-refractivity contribution in [2.75, 3.05) is 13.7 Å². The minimum absolute atomic E-state index is 0.156. The van der Waals surface area contributed by atoms with E-state index in [0.717, 1.165) is 33.7 Å². The van der Waals surface area contributed by atoms with E-state index in [0.29, 0.717) is 29.8 Å². The molecule has 6 rings (SSSR count). The predicted octanol–water partition coefficient (Wildman–Crippen LogP) is 6.37. The van der Waals surface area contributed by atoms with Gasteiger partial charge in [-0.05, 0) is 53.5 Å². The van der Waals surface area contributed by atoms with Crippen molar-refractivity contribution in [1.82, 2.24) is 20.3 Å². The van der Waals surface area contributed by atoms with Crippen molar-refractivity contribution in [3.8, 4) is 17.0 Å². The molecule has 1 aliphatic heterocycles. The van der Waals surface area contributed by atoms with Crippen LogP contribution in [-0.2, 0) is 34.0 Å². The molecule has 0 saturated heterocycles. The molecule has 0 radical (unpaired) electrons. The van der Waals surface area contributed by atoms with Gasteiger partial charge in [-0.3, -0.25) is 4.79 Å². The second-order valence-electron chi connectivity index (χ2n) is 11.2. The fraction of sp³-hybridized carbons (Fsp3) is 0.216. The van der Waals surface area contributed by atoms with Gasteiger partial charge in [-0.1, -0.05) is 89.6 Å². The maximum Gasteiger partial charge on any atom is 0.250 e. The number of ether oxygens (including phenoxy) is 3. The molecule has 0 aliphatic carbocycles. The Morgan fingerprint density at radius 2 is 1.70 bits per heavy atom. The van der Waals surface area contributed by atoms with Gasteiger partial charge in [0.1, 0.15) is 29.5 Å². The number of hydrogen-bond donors (Lipinski definition) is 1. The van der Waals surface area contributed by atoms with Gasteiger partial charge in [0.15, 0.2) is 0 Å². The molecule has 1 N–H and O–H groups in total. The summed E-state index contributed by atoms with van der Waals surface area (Å²) in [5, 5.41) is 11.8. The van der Waals surface area contributed by atoms with Crippen LogP contribution in [0.1, 0.15) is 28.4 Å². The number of rotatable bonds is 12. The number of benzene rings is 4. The third-order valence-corrected chi connectivity index (χ3v) is 7.96. The molecule has 2 unspecified atom stereocenters. The van der Waals surface area contributed by atoms with Crippen LogP contribution in [0.2, 0.25) is 0 Å². The van der Waals surface area contributed by atoms with Gasteiger partial charge >= 0.3 is 0 Å². The lowest BCUT2D eigenvalue weighted by Crippen LogP contribution is -2.30. The van der Waals surface area contributed by atoms with Crippen LogP contribution in [0.15, 0.2) is 120 Å². The highest BCUT2D eigenvalue weighted by Crippen LogP contribution is 2.37. The van der Waals surface area contributed by atoms with Gasteiger partial charge in [0.05, 0.1) is 38.6 Å². The molecular formula is C37H35FN4O4. The second-order valence-corrected chi connectivity index (χ2v) is 11.2. The molecule has 8 nitrogen and oxygen atoms in total. The Morgan fingerprint density at radius 1 is 0.978 bits per heavy atom. The van der Waals surface area contributed by atoms with Crippen molar-refractivity contribution < 1.29 is 23.4 Å². The molecule has 1 amide bonds. The number of halogens is 1. The molecule has 0 spiro atoms. The SMILES string of the molecule is COc1ccc(COC(Cn2cc(-c3ccccc3)nn2)C2=C(C(=O)NCc3ccc(C)cc3)C(c3ccc(F)cc3)OC2)cc1. The number of nitrogens with one attached hydrogen (secondary N) is 1. The number of aromatic nitrogens is 3. The van der Waals surface area contributed by atoms with E-state index in [-0.39, 0.29) is 24.9 Å². The van der Waals surface area contributed by atoms with Gasteiger partial charge in [-0.2, -0.15) is 0 Å². The molecule has 1 aromatic heterocycles. The summed E-state index contributed by atoms with van der Waals surface area (Å²) in [5.74, 6) is 0.111. The molecular weight excluding hydrogens is 583 g/mol. The van der Waals surface area contributed by atoms with E-state index < -0.39 is 12.2 Å². The van der Waals surface area contributed by atoms with E-state index in [1.54, 1.807) is 23.9 Å². The summed E-state index contributed by atoms with van der Waals surface area (Å²) < 4.78 is 33.7. The Hall–Kier alpha value is -5.12. The summed E-state index contributed by atoms with van der Waals surface area (Å²) in [6.07, 6.45) is 0.582. The number of nitrogens with zero attached hydrogens (tertiary/aromatic N) is 3. The highest BCUT2D eigenvalue weighted by Gasteiger charge is 2.37. The summed E-state index contributed by atoms with van der Waals surface area (Å²) in [6.45, 7) is 3.08. The maximum absolute atomic E-state index is 14.0. The quantitative estimate of drug-likeness (QED) is 0.175. The lowest BCUT2D eigenvalue weighted by molar-refractivity contribution is -0.118. The van der Waals surface area contributed by atoms with Gasteiger partial charge in [0, 0.05) is 12.1 Å². The predicted molar refractivity (Wildman–Crippen MR) is 172 cm³/mol. The van der Waals surface area contributed by atoms with Crippen LogP contribution in [0, 0.1) is 12.7 Å². The summed E-state index contributed by atoms with van der Waals surface area (Å²) in [5.41, 5.74) is 6.55. The lowest BCUT2D eigenvalue weighted by atomic mass is 9.95. The first-order valence-electron chi connectivity index (χ1n) is 15.1. The van der Waals surface area contributed by atoms with Crippen LogP contribution in [0.25, 0.3) is 11.3 Å². The first-order chi connectivity index (χ1) is 22.5. The van der Waals surface area contributed by atoms with Gasteiger partial charge in [0.25, 0.3) is 5.91 Å². The molecule has 0 saturated carbocycles. The largest absolute Gasteiger partial charge is 0.497 e. The minimum Gasteiger partial charge on any atom is -0.497 e. The Labute approximate surface area is 267 Å². The third kappa shape index (κ3) is 7.39. The zero-order chi connectivity index (χ0) is 31.9. The average molecular weight is 619 g/mol. The molecule has 234 valence electrons. The number of carbonyl (C=O) groups excluding carboxylic acids is 1. The van der Waals surface area contributed by atoms with Crippen LogP contribution < -0.4 is 10.1 Å².